The van der Waals surface area contributed by atoms with Crippen LogP contribution in [0, 0.1) is 6.92 Å². The van der Waals surface area contributed by atoms with E-state index in [9.17, 15) is 0 Å². The Labute approximate surface area is 115 Å². The van der Waals surface area contributed by atoms with Gasteiger partial charge in [0, 0.05) is 17.0 Å². The van der Waals surface area contributed by atoms with Gasteiger partial charge in [0.05, 0.1) is 5.69 Å². The molecule has 2 rings (SSSR count). The molecule has 1 heterocycles. The predicted molar refractivity (Wildman–Crippen MR) is 78.0 cm³/mol. The molecule has 0 saturated carbocycles. The minimum absolute atomic E-state index is 0.480. The SMILES string of the molecule is CCc1nc(N)cc(Nc2cccc(C)c2Br)n1. The van der Waals surface area contributed by atoms with Gasteiger partial charge in [-0.3, -0.25) is 0 Å². The van der Waals surface area contributed by atoms with Crippen molar-refractivity contribution in [2.24, 2.45) is 0 Å². The van der Waals surface area contributed by atoms with E-state index < -0.39 is 0 Å². The van der Waals surface area contributed by atoms with Gasteiger partial charge >= 0.3 is 0 Å². The molecule has 0 spiro atoms. The van der Waals surface area contributed by atoms with Gasteiger partial charge in [0.15, 0.2) is 0 Å². The number of nitrogens with one attached hydrogen (secondary N) is 1. The summed E-state index contributed by atoms with van der Waals surface area (Å²) >= 11 is 3.55. The Hall–Kier alpha value is -1.62. The number of benzene rings is 1. The van der Waals surface area contributed by atoms with Crippen LogP contribution in [0.1, 0.15) is 18.3 Å². The quantitative estimate of drug-likeness (QED) is 0.912. The molecular formula is C13H15BrN4. The molecule has 2 aromatic rings. The summed E-state index contributed by atoms with van der Waals surface area (Å²) in [6.07, 6.45) is 0.759. The number of hydrogen-bond acceptors (Lipinski definition) is 4. The fourth-order valence-corrected chi connectivity index (χ4v) is 1.99. The molecule has 0 amide bonds. The van der Waals surface area contributed by atoms with Gasteiger partial charge < -0.3 is 11.1 Å². The molecule has 0 unspecified atom stereocenters. The van der Waals surface area contributed by atoms with Crippen LogP contribution in [0.4, 0.5) is 17.3 Å². The molecule has 18 heavy (non-hydrogen) atoms. The van der Waals surface area contributed by atoms with Crippen molar-refractivity contribution < 1.29 is 0 Å². The van der Waals surface area contributed by atoms with Gasteiger partial charge in [0.2, 0.25) is 0 Å². The van der Waals surface area contributed by atoms with Crippen molar-refractivity contribution in [3.63, 3.8) is 0 Å². The number of aryl methyl sites for hydroxylation is 2. The highest BCUT2D eigenvalue weighted by molar-refractivity contribution is 9.10. The number of hydrogen-bond donors (Lipinski definition) is 2. The van der Waals surface area contributed by atoms with Crippen molar-refractivity contribution >= 4 is 33.3 Å². The van der Waals surface area contributed by atoms with E-state index in [4.69, 9.17) is 5.73 Å². The van der Waals surface area contributed by atoms with Crippen LogP contribution in [0.25, 0.3) is 0 Å². The second-order valence-electron chi connectivity index (χ2n) is 4.01. The first-order chi connectivity index (χ1) is 8.60. The third-order valence-corrected chi connectivity index (χ3v) is 3.62. The highest BCUT2D eigenvalue weighted by Crippen LogP contribution is 2.28. The Morgan fingerprint density at radius 1 is 1.33 bits per heavy atom. The van der Waals surface area contributed by atoms with Gasteiger partial charge in [-0.2, -0.15) is 0 Å². The minimum Gasteiger partial charge on any atom is -0.384 e. The zero-order chi connectivity index (χ0) is 13.1. The lowest BCUT2D eigenvalue weighted by atomic mass is 10.2. The molecule has 1 aromatic carbocycles. The minimum atomic E-state index is 0.480. The van der Waals surface area contributed by atoms with Crippen LogP contribution in [0.15, 0.2) is 28.7 Å². The first kappa shape index (κ1) is 12.8. The number of aromatic nitrogens is 2. The molecule has 0 saturated heterocycles. The van der Waals surface area contributed by atoms with E-state index in [1.807, 2.05) is 32.0 Å². The Kier molecular flexibility index (Phi) is 3.81. The zero-order valence-electron chi connectivity index (χ0n) is 10.4. The Morgan fingerprint density at radius 2 is 2.11 bits per heavy atom. The summed E-state index contributed by atoms with van der Waals surface area (Å²) in [5, 5.41) is 3.25. The molecule has 0 aliphatic carbocycles. The number of halogens is 1. The molecule has 5 heteroatoms. The lowest BCUT2D eigenvalue weighted by molar-refractivity contribution is 0.948. The van der Waals surface area contributed by atoms with Crippen molar-refractivity contribution in [1.29, 1.82) is 0 Å². The second-order valence-corrected chi connectivity index (χ2v) is 4.80. The van der Waals surface area contributed by atoms with E-state index >= 15 is 0 Å². The number of rotatable bonds is 3. The Morgan fingerprint density at radius 3 is 2.83 bits per heavy atom. The van der Waals surface area contributed by atoms with Gasteiger partial charge in [-0.25, -0.2) is 9.97 Å². The largest absolute Gasteiger partial charge is 0.384 e. The van der Waals surface area contributed by atoms with Gasteiger partial charge in [0.25, 0.3) is 0 Å². The molecule has 0 aliphatic heterocycles. The van der Waals surface area contributed by atoms with Crippen LogP contribution in [0.5, 0.6) is 0 Å². The summed E-state index contributed by atoms with van der Waals surface area (Å²) in [6, 6.07) is 7.75. The molecule has 0 fully saturated rings. The third kappa shape index (κ3) is 2.79. The van der Waals surface area contributed by atoms with Gasteiger partial charge in [-0.1, -0.05) is 19.1 Å². The molecule has 3 N–H and O–H groups in total. The molecule has 0 radical (unpaired) electrons. The van der Waals surface area contributed by atoms with Crippen molar-refractivity contribution in [2.45, 2.75) is 20.3 Å². The second kappa shape index (κ2) is 5.35. The van der Waals surface area contributed by atoms with E-state index in [0.29, 0.717) is 11.6 Å². The zero-order valence-corrected chi connectivity index (χ0v) is 12.0. The summed E-state index contributed by atoms with van der Waals surface area (Å²) in [5.41, 5.74) is 7.89. The van der Waals surface area contributed by atoms with Crippen LogP contribution in [0.3, 0.4) is 0 Å². The maximum absolute atomic E-state index is 5.75. The lowest BCUT2D eigenvalue weighted by Gasteiger charge is -2.10. The van der Waals surface area contributed by atoms with E-state index in [1.54, 1.807) is 6.07 Å². The molecule has 0 atom stereocenters. The highest BCUT2D eigenvalue weighted by Gasteiger charge is 2.05. The van der Waals surface area contributed by atoms with Crippen LogP contribution in [0.2, 0.25) is 0 Å². The molecule has 1 aromatic heterocycles. The summed E-state index contributed by atoms with van der Waals surface area (Å²) in [4.78, 5) is 8.54. The van der Waals surface area contributed by atoms with Gasteiger partial charge in [-0.15, -0.1) is 0 Å². The molecular weight excluding hydrogens is 292 g/mol. The summed E-state index contributed by atoms with van der Waals surface area (Å²) in [5.74, 6) is 1.93. The van der Waals surface area contributed by atoms with Crippen LogP contribution in [-0.2, 0) is 6.42 Å². The van der Waals surface area contributed by atoms with Crippen LogP contribution >= 0.6 is 15.9 Å². The number of nitrogens with two attached hydrogens (primary N) is 1. The first-order valence-electron chi connectivity index (χ1n) is 5.75. The smallest absolute Gasteiger partial charge is 0.136 e. The molecule has 0 bridgehead atoms. The average molecular weight is 307 g/mol. The van der Waals surface area contributed by atoms with E-state index in [1.165, 1.54) is 0 Å². The van der Waals surface area contributed by atoms with Gasteiger partial charge in [-0.05, 0) is 34.5 Å². The van der Waals surface area contributed by atoms with Gasteiger partial charge in [0.1, 0.15) is 17.5 Å². The van der Waals surface area contributed by atoms with Crippen molar-refractivity contribution in [3.05, 3.63) is 40.1 Å². The fourth-order valence-electron chi connectivity index (χ4n) is 1.62. The fraction of sp³-hybridized carbons (Fsp3) is 0.231. The van der Waals surface area contributed by atoms with Crippen LogP contribution < -0.4 is 11.1 Å². The van der Waals surface area contributed by atoms with Crippen molar-refractivity contribution in [1.82, 2.24) is 9.97 Å². The average Bonchev–Trinajstić information content (AvgIpc) is 2.34. The molecule has 0 aliphatic rings. The Bertz CT molecular complexity index is 569. The summed E-state index contributed by atoms with van der Waals surface area (Å²) in [7, 11) is 0. The topological polar surface area (TPSA) is 63.8 Å². The number of anilines is 3. The van der Waals surface area contributed by atoms with E-state index in [2.05, 4.69) is 31.2 Å². The standard InChI is InChI=1S/C13H15BrN4/c1-3-11-17-10(15)7-12(18-11)16-9-6-4-5-8(2)13(9)14/h4-7H,3H2,1-2H3,(H3,15,16,17,18). The van der Waals surface area contributed by atoms with Crippen LogP contribution in [-0.4, -0.2) is 9.97 Å². The molecule has 4 nitrogen and oxygen atoms in total. The lowest BCUT2D eigenvalue weighted by Crippen LogP contribution is -2.03. The summed E-state index contributed by atoms with van der Waals surface area (Å²) < 4.78 is 1.03. The maximum Gasteiger partial charge on any atom is 0.136 e. The van der Waals surface area contributed by atoms with Crippen molar-refractivity contribution in [3.8, 4) is 0 Å². The number of nitrogen functional groups attached to an aromatic ring is 1. The number of nitrogens with zero attached hydrogens (tertiary/aromatic N) is 2. The van der Waals surface area contributed by atoms with Crippen molar-refractivity contribution in [2.75, 3.05) is 11.1 Å². The molecule has 94 valence electrons. The first-order valence-corrected chi connectivity index (χ1v) is 6.55. The third-order valence-electron chi connectivity index (χ3n) is 2.56. The normalized spacial score (nSPS) is 10.4. The van der Waals surface area contributed by atoms with E-state index in [0.717, 1.165) is 28.0 Å². The van der Waals surface area contributed by atoms with E-state index in [-0.39, 0.29) is 0 Å². The predicted octanol–water partition coefficient (Wildman–Crippen LogP) is 3.44. The Balaban J connectivity index is 2.34. The maximum atomic E-state index is 5.75. The highest BCUT2D eigenvalue weighted by atomic mass is 79.9. The monoisotopic (exact) mass is 306 g/mol. The summed E-state index contributed by atoms with van der Waals surface area (Å²) in [6.45, 7) is 4.04.